The summed E-state index contributed by atoms with van der Waals surface area (Å²) in [4.78, 5) is 12.4. The Balaban J connectivity index is 1.34. The highest BCUT2D eigenvalue weighted by molar-refractivity contribution is 6.30. The van der Waals surface area contributed by atoms with E-state index < -0.39 is 11.7 Å². The van der Waals surface area contributed by atoms with E-state index in [0.717, 1.165) is 23.8 Å². The number of hydrogen-bond acceptors (Lipinski definition) is 1. The van der Waals surface area contributed by atoms with Crippen LogP contribution in [0, 0.1) is 23.6 Å². The molecule has 1 N–H and O–H groups in total. The van der Waals surface area contributed by atoms with E-state index in [1.54, 1.807) is 0 Å². The Kier molecular flexibility index (Phi) is 4.05. The Morgan fingerprint density at radius 2 is 1.56 bits per heavy atom. The summed E-state index contributed by atoms with van der Waals surface area (Å²) in [5.74, 6) is 1.66. The molecule has 0 atom stereocenters. The van der Waals surface area contributed by atoms with Gasteiger partial charge in [-0.25, -0.2) is 4.39 Å². The highest BCUT2D eigenvalue weighted by Crippen LogP contribution is 2.60. The first kappa shape index (κ1) is 17.2. The second kappa shape index (κ2) is 6.34. The number of benzene rings is 2. The molecule has 2 aromatic rings. The third-order valence-corrected chi connectivity index (χ3v) is 7.20. The molecule has 2 nitrogen and oxygen atoms in total. The van der Waals surface area contributed by atoms with Crippen LogP contribution in [-0.2, 0) is 5.41 Å². The largest absolute Gasteiger partial charge is 0.322 e. The summed E-state index contributed by atoms with van der Waals surface area (Å²) in [6, 6.07) is 12.3. The Morgan fingerprint density at radius 1 is 0.963 bits per heavy atom. The van der Waals surface area contributed by atoms with Crippen LogP contribution in [-0.4, -0.2) is 5.91 Å². The van der Waals surface area contributed by atoms with Crippen molar-refractivity contribution in [2.24, 2.45) is 17.8 Å². The van der Waals surface area contributed by atoms with Crippen molar-refractivity contribution in [1.29, 1.82) is 0 Å². The van der Waals surface area contributed by atoms with Crippen LogP contribution in [0.5, 0.6) is 0 Å². The maximum atomic E-state index is 13.9. The molecule has 0 aliphatic heterocycles. The lowest BCUT2D eigenvalue weighted by molar-refractivity contribution is -0.00518. The zero-order valence-corrected chi connectivity index (χ0v) is 15.9. The second-order valence-electron chi connectivity index (χ2n) is 8.85. The lowest BCUT2D eigenvalue weighted by Crippen LogP contribution is -2.48. The molecule has 6 rings (SSSR count). The molecule has 2 aromatic carbocycles. The van der Waals surface area contributed by atoms with E-state index in [1.165, 1.54) is 56.2 Å². The molecular formula is C23H23ClFNO. The van der Waals surface area contributed by atoms with Gasteiger partial charge < -0.3 is 5.32 Å². The molecule has 1 amide bonds. The standard InChI is InChI=1S/C23H23ClFNO/c24-18-3-6-20(21(25)10-18)22(27)26-19-4-1-17(2-5-19)23-11-14-7-15(12-23)9-16(8-14)13-23/h1-6,10,14-16H,7-9,11-13H2,(H,26,27). The minimum absolute atomic E-state index is 0.00422. The van der Waals surface area contributed by atoms with Gasteiger partial charge in [-0.15, -0.1) is 0 Å². The van der Waals surface area contributed by atoms with Gasteiger partial charge >= 0.3 is 0 Å². The minimum atomic E-state index is -0.606. The zero-order chi connectivity index (χ0) is 18.6. The predicted molar refractivity (Wildman–Crippen MR) is 106 cm³/mol. The van der Waals surface area contributed by atoms with Gasteiger partial charge in [-0.2, -0.15) is 0 Å². The summed E-state index contributed by atoms with van der Waals surface area (Å²) in [5, 5.41) is 3.08. The Labute approximate surface area is 164 Å². The number of halogens is 2. The van der Waals surface area contributed by atoms with Gasteiger partial charge in [0.25, 0.3) is 5.91 Å². The summed E-state index contributed by atoms with van der Waals surface area (Å²) in [5.41, 5.74) is 2.46. The van der Waals surface area contributed by atoms with Gasteiger partial charge in [0, 0.05) is 10.7 Å². The quantitative estimate of drug-likeness (QED) is 0.671. The van der Waals surface area contributed by atoms with E-state index >= 15 is 0 Å². The number of carbonyl (C=O) groups excluding carboxylic acids is 1. The topological polar surface area (TPSA) is 29.1 Å². The first-order valence-electron chi connectivity index (χ1n) is 9.88. The molecule has 4 bridgehead atoms. The second-order valence-corrected chi connectivity index (χ2v) is 9.29. The smallest absolute Gasteiger partial charge is 0.258 e. The van der Waals surface area contributed by atoms with Gasteiger partial charge in [0.2, 0.25) is 0 Å². The maximum Gasteiger partial charge on any atom is 0.258 e. The number of anilines is 1. The van der Waals surface area contributed by atoms with Crippen molar-refractivity contribution >= 4 is 23.2 Å². The van der Waals surface area contributed by atoms with E-state index in [9.17, 15) is 9.18 Å². The molecule has 4 aliphatic carbocycles. The van der Waals surface area contributed by atoms with Crippen LogP contribution in [0.2, 0.25) is 5.02 Å². The average molecular weight is 384 g/mol. The first-order valence-corrected chi connectivity index (χ1v) is 10.3. The molecule has 0 unspecified atom stereocenters. The van der Waals surface area contributed by atoms with Crippen molar-refractivity contribution in [3.63, 3.8) is 0 Å². The molecule has 4 fully saturated rings. The van der Waals surface area contributed by atoms with E-state index in [1.807, 2.05) is 12.1 Å². The van der Waals surface area contributed by atoms with Crippen LogP contribution in [0.15, 0.2) is 42.5 Å². The van der Waals surface area contributed by atoms with Crippen LogP contribution in [0.1, 0.15) is 54.4 Å². The molecule has 4 aliphatic rings. The molecule has 0 radical (unpaired) electrons. The molecular weight excluding hydrogens is 361 g/mol. The molecule has 0 saturated heterocycles. The molecule has 0 aromatic heterocycles. The monoisotopic (exact) mass is 383 g/mol. The number of amides is 1. The fourth-order valence-corrected chi connectivity index (χ4v) is 6.40. The van der Waals surface area contributed by atoms with Crippen LogP contribution >= 0.6 is 11.6 Å². The summed E-state index contributed by atoms with van der Waals surface area (Å²) in [6.45, 7) is 0. The normalized spacial score (nSPS) is 31.1. The van der Waals surface area contributed by atoms with Crippen molar-refractivity contribution in [2.45, 2.75) is 43.9 Å². The maximum absolute atomic E-state index is 13.9. The van der Waals surface area contributed by atoms with Crippen LogP contribution in [0.4, 0.5) is 10.1 Å². The third-order valence-electron chi connectivity index (χ3n) is 6.97. The number of carbonyl (C=O) groups is 1. The van der Waals surface area contributed by atoms with Crippen molar-refractivity contribution in [1.82, 2.24) is 0 Å². The van der Waals surface area contributed by atoms with Crippen LogP contribution in [0.3, 0.4) is 0 Å². The Bertz CT molecular complexity index is 856. The van der Waals surface area contributed by atoms with Gasteiger partial charge in [-0.1, -0.05) is 23.7 Å². The fraction of sp³-hybridized carbons (Fsp3) is 0.435. The highest BCUT2D eigenvalue weighted by Gasteiger charge is 2.51. The molecule has 27 heavy (non-hydrogen) atoms. The van der Waals surface area contributed by atoms with E-state index in [-0.39, 0.29) is 10.6 Å². The molecule has 0 spiro atoms. The van der Waals surface area contributed by atoms with Gasteiger partial charge in [-0.05, 0) is 97.6 Å². The summed E-state index contributed by atoms with van der Waals surface area (Å²) < 4.78 is 13.9. The highest BCUT2D eigenvalue weighted by atomic mass is 35.5. The lowest BCUT2D eigenvalue weighted by atomic mass is 9.48. The van der Waals surface area contributed by atoms with E-state index in [2.05, 4.69) is 17.4 Å². The third kappa shape index (κ3) is 3.06. The summed E-state index contributed by atoms with van der Waals surface area (Å²) in [7, 11) is 0. The van der Waals surface area contributed by atoms with Crippen molar-refractivity contribution < 1.29 is 9.18 Å². The van der Waals surface area contributed by atoms with Crippen molar-refractivity contribution in [3.8, 4) is 0 Å². The SMILES string of the molecule is O=C(Nc1ccc(C23CC4CC(CC(C4)C2)C3)cc1)c1ccc(Cl)cc1F. The molecule has 0 heterocycles. The van der Waals surface area contributed by atoms with Gasteiger partial charge in [0.15, 0.2) is 0 Å². The number of hydrogen-bond donors (Lipinski definition) is 1. The van der Waals surface area contributed by atoms with E-state index in [0.29, 0.717) is 11.1 Å². The first-order chi connectivity index (χ1) is 13.0. The summed E-state index contributed by atoms with van der Waals surface area (Å²) >= 11 is 5.76. The Morgan fingerprint density at radius 3 is 2.11 bits per heavy atom. The number of nitrogens with one attached hydrogen (secondary N) is 1. The van der Waals surface area contributed by atoms with Crippen molar-refractivity contribution in [3.05, 3.63) is 64.4 Å². The minimum Gasteiger partial charge on any atom is -0.322 e. The van der Waals surface area contributed by atoms with Crippen molar-refractivity contribution in [2.75, 3.05) is 5.32 Å². The summed E-state index contributed by atoms with van der Waals surface area (Å²) in [6.07, 6.45) is 8.25. The van der Waals surface area contributed by atoms with Crippen LogP contribution in [0.25, 0.3) is 0 Å². The number of rotatable bonds is 3. The van der Waals surface area contributed by atoms with Gasteiger partial charge in [0.1, 0.15) is 5.82 Å². The van der Waals surface area contributed by atoms with Gasteiger partial charge in [0.05, 0.1) is 5.56 Å². The fourth-order valence-electron chi connectivity index (χ4n) is 6.24. The van der Waals surface area contributed by atoms with E-state index in [4.69, 9.17) is 11.6 Å². The van der Waals surface area contributed by atoms with Gasteiger partial charge in [-0.3, -0.25) is 4.79 Å². The Hall–Kier alpha value is -1.87. The average Bonchev–Trinajstić information content (AvgIpc) is 2.61. The molecule has 4 heteroatoms. The lowest BCUT2D eigenvalue weighted by Gasteiger charge is -2.57. The predicted octanol–water partition coefficient (Wildman–Crippen LogP) is 6.20. The molecule has 4 saturated carbocycles. The van der Waals surface area contributed by atoms with Crippen LogP contribution < -0.4 is 5.32 Å². The molecule has 140 valence electrons. The zero-order valence-electron chi connectivity index (χ0n) is 15.2.